The molecule has 8 N–H and O–H groups in total. The zero-order chi connectivity index (χ0) is 29.4. The third-order valence-electron chi connectivity index (χ3n) is 8.58. The lowest BCUT2D eigenvalue weighted by atomic mass is 9.58. The molecule has 1 aromatic rings. The summed E-state index contributed by atoms with van der Waals surface area (Å²) < 4.78 is 0. The molecule has 4 aliphatic rings. The highest BCUT2D eigenvalue weighted by molar-refractivity contribution is 6.25. The number of allylic oxidation sites excluding steroid dienone is 1. The van der Waals surface area contributed by atoms with E-state index in [0.29, 0.717) is 24.2 Å². The van der Waals surface area contributed by atoms with Gasteiger partial charge in [0.15, 0.2) is 17.1 Å². The average Bonchev–Trinajstić information content (AvgIpc) is 2.81. The number of nitrogens with zero attached hydrogens (tertiary/aromatic N) is 2. The van der Waals surface area contributed by atoms with E-state index < -0.39 is 69.8 Å². The van der Waals surface area contributed by atoms with E-state index in [0.717, 1.165) is 0 Å². The number of amides is 2. The van der Waals surface area contributed by atoms with Crippen molar-refractivity contribution in [2.75, 3.05) is 45.0 Å². The molecule has 1 fully saturated rings. The van der Waals surface area contributed by atoms with Crippen molar-refractivity contribution in [1.29, 1.82) is 0 Å². The number of carbonyl (C=O) groups is 4. The van der Waals surface area contributed by atoms with Crippen LogP contribution in [-0.2, 0) is 20.8 Å². The molecule has 0 radical (unpaired) electrons. The van der Waals surface area contributed by atoms with Gasteiger partial charge in [-0.15, -0.1) is 0 Å². The second-order valence-corrected chi connectivity index (χ2v) is 11.3. The van der Waals surface area contributed by atoms with Crippen molar-refractivity contribution in [2.45, 2.75) is 36.9 Å². The van der Waals surface area contributed by atoms with Crippen molar-refractivity contribution in [3.63, 3.8) is 0 Å². The Kier molecular flexibility index (Phi) is 6.44. The Morgan fingerprint density at radius 2 is 1.80 bits per heavy atom. The van der Waals surface area contributed by atoms with E-state index in [2.05, 4.69) is 10.6 Å². The van der Waals surface area contributed by atoms with Crippen LogP contribution in [-0.4, -0.2) is 101 Å². The highest BCUT2D eigenvalue weighted by atomic mass is 16.3. The third-order valence-corrected chi connectivity index (χ3v) is 8.58. The quantitative estimate of drug-likeness (QED) is 0.182. The van der Waals surface area contributed by atoms with Crippen molar-refractivity contribution in [3.8, 4) is 5.75 Å². The lowest BCUT2D eigenvalue weighted by Gasteiger charge is -2.50. The number of aromatic hydroxyl groups is 1. The maximum absolute atomic E-state index is 14.0. The number of phenols is 1. The number of anilines is 2. The number of aliphatic hydroxyl groups excluding tert-OH is 2. The zero-order valence-corrected chi connectivity index (χ0v) is 22.6. The molecule has 3 aliphatic carbocycles. The predicted octanol–water partition coefficient (Wildman–Crippen LogP) is -0.513. The molecule has 40 heavy (non-hydrogen) atoms. The number of fused-ring (bicyclic) bond motifs is 3. The standard InChI is InChI=1S/C27H33N5O8/c1-31(2)15-9-14(30-26(39)13-5-6-29-13)20(33)17-11(15)7-10-8-12-19(32(3)4)22(35)18(25(28)38)24(37)27(12,40)23(36)16(10)21(17)34/h9-10,12-13,19,29,33,35-36,40H,5-8H2,1-4H3,(H2,28,38)(H,30,39)/t10-,12-,13-,19-,27-/m0/s1. The molecule has 0 spiro atoms. The van der Waals surface area contributed by atoms with E-state index in [4.69, 9.17) is 5.73 Å². The summed E-state index contributed by atoms with van der Waals surface area (Å²) in [4.78, 5) is 55.4. The summed E-state index contributed by atoms with van der Waals surface area (Å²) >= 11 is 0. The zero-order valence-electron chi connectivity index (χ0n) is 22.6. The van der Waals surface area contributed by atoms with E-state index in [9.17, 15) is 39.6 Å². The van der Waals surface area contributed by atoms with E-state index >= 15 is 0 Å². The van der Waals surface area contributed by atoms with Crippen LogP contribution in [0.4, 0.5) is 11.4 Å². The summed E-state index contributed by atoms with van der Waals surface area (Å²) in [7, 11) is 6.64. The van der Waals surface area contributed by atoms with Crippen LogP contribution in [0.2, 0.25) is 0 Å². The second-order valence-electron chi connectivity index (χ2n) is 11.3. The number of likely N-dealkylation sites (N-methyl/N-ethyl adjacent to an activating group) is 1. The monoisotopic (exact) mass is 555 g/mol. The van der Waals surface area contributed by atoms with Gasteiger partial charge in [0.05, 0.1) is 23.3 Å². The van der Waals surface area contributed by atoms with Crippen LogP contribution >= 0.6 is 0 Å². The van der Waals surface area contributed by atoms with Gasteiger partial charge in [0.25, 0.3) is 5.91 Å². The van der Waals surface area contributed by atoms with Gasteiger partial charge >= 0.3 is 0 Å². The minimum Gasteiger partial charge on any atom is -0.510 e. The summed E-state index contributed by atoms with van der Waals surface area (Å²) in [6.07, 6.45) is 0.762. The molecule has 2 amide bonds. The smallest absolute Gasteiger partial charge is 0.255 e. The maximum Gasteiger partial charge on any atom is 0.255 e. The SMILES string of the molecule is CN(C)c1cc(NC(=O)[C@@H]2CCN2)c(O)c2c1C[C@H]1C[C@H]3[C@H](N(C)C)C(O)=C(C(N)=O)C(=O)[C@@]3(O)C(O)=C1C2=O. The van der Waals surface area contributed by atoms with Gasteiger partial charge in [-0.1, -0.05) is 0 Å². The Morgan fingerprint density at radius 1 is 1.15 bits per heavy atom. The van der Waals surface area contributed by atoms with Crippen LogP contribution in [0.1, 0.15) is 28.8 Å². The Labute approximate surface area is 229 Å². The van der Waals surface area contributed by atoms with Gasteiger partial charge in [0.2, 0.25) is 11.7 Å². The lowest BCUT2D eigenvalue weighted by Crippen LogP contribution is -2.63. The molecule has 0 bridgehead atoms. The van der Waals surface area contributed by atoms with Crippen LogP contribution in [0.3, 0.4) is 0 Å². The van der Waals surface area contributed by atoms with Gasteiger partial charge in [0.1, 0.15) is 17.1 Å². The number of nitrogens with two attached hydrogens (primary N) is 1. The third kappa shape index (κ3) is 3.72. The Balaban J connectivity index is 1.68. The van der Waals surface area contributed by atoms with Crippen molar-refractivity contribution in [2.24, 2.45) is 17.6 Å². The van der Waals surface area contributed by atoms with Gasteiger partial charge < -0.3 is 41.7 Å². The van der Waals surface area contributed by atoms with Crippen LogP contribution in [0.15, 0.2) is 28.7 Å². The topological polar surface area (TPSA) is 206 Å². The Hall–Kier alpha value is -3.94. The number of hydrogen-bond acceptors (Lipinski definition) is 11. The van der Waals surface area contributed by atoms with Crippen LogP contribution in [0.5, 0.6) is 5.75 Å². The summed E-state index contributed by atoms with van der Waals surface area (Å²) in [5, 5.41) is 50.9. The molecule has 214 valence electrons. The molecule has 1 saturated heterocycles. The predicted molar refractivity (Wildman–Crippen MR) is 143 cm³/mol. The summed E-state index contributed by atoms with van der Waals surface area (Å²) in [6.45, 7) is 0.687. The largest absolute Gasteiger partial charge is 0.510 e. The molecule has 0 unspecified atom stereocenters. The number of benzene rings is 1. The van der Waals surface area contributed by atoms with Crippen molar-refractivity contribution in [1.82, 2.24) is 10.2 Å². The molecule has 1 heterocycles. The minimum absolute atomic E-state index is 0.00530. The molecule has 1 aliphatic heterocycles. The first-order valence-corrected chi connectivity index (χ1v) is 13.0. The first kappa shape index (κ1) is 27.6. The Bertz CT molecular complexity index is 1430. The highest BCUT2D eigenvalue weighted by Crippen LogP contribution is 2.53. The number of hydrogen-bond donors (Lipinski definition) is 7. The molecule has 13 heteroatoms. The molecular weight excluding hydrogens is 522 g/mol. The summed E-state index contributed by atoms with van der Waals surface area (Å²) in [6, 6.07) is 0.0805. The molecule has 1 aromatic carbocycles. The molecule has 0 aromatic heterocycles. The molecule has 13 nitrogen and oxygen atoms in total. The van der Waals surface area contributed by atoms with Gasteiger partial charge in [0, 0.05) is 31.3 Å². The molecule has 5 atom stereocenters. The number of Topliss-reactive ketones (excluding diaryl/α,β-unsaturated/α-hetero) is 2. The normalized spacial score (nSPS) is 29.4. The van der Waals surface area contributed by atoms with Crippen molar-refractivity contribution in [3.05, 3.63) is 39.9 Å². The van der Waals surface area contributed by atoms with E-state index in [1.54, 1.807) is 39.2 Å². The van der Waals surface area contributed by atoms with Gasteiger partial charge in [-0.25, -0.2) is 0 Å². The summed E-state index contributed by atoms with van der Waals surface area (Å²) in [5.74, 6) is -7.63. The van der Waals surface area contributed by atoms with Crippen LogP contribution < -0.4 is 21.3 Å². The van der Waals surface area contributed by atoms with Crippen LogP contribution in [0.25, 0.3) is 0 Å². The van der Waals surface area contributed by atoms with Gasteiger partial charge in [-0.05, 0) is 57.5 Å². The van der Waals surface area contributed by atoms with Crippen LogP contribution in [0, 0.1) is 11.8 Å². The fourth-order valence-corrected chi connectivity index (χ4v) is 6.53. The number of ketones is 2. The number of phenolic OH excluding ortho intramolecular Hbond substituents is 1. The fraction of sp³-hybridized carbons (Fsp3) is 0.481. The number of rotatable bonds is 5. The number of aliphatic hydroxyl groups is 3. The minimum atomic E-state index is -2.72. The molecule has 0 saturated carbocycles. The number of nitrogens with one attached hydrogen (secondary N) is 2. The first-order valence-electron chi connectivity index (χ1n) is 13.0. The van der Waals surface area contributed by atoms with Crippen molar-refractivity contribution < 1.29 is 39.6 Å². The Morgan fingerprint density at radius 3 is 2.33 bits per heavy atom. The number of primary amides is 1. The van der Waals surface area contributed by atoms with Gasteiger partial charge in [-0.2, -0.15) is 0 Å². The van der Waals surface area contributed by atoms with Gasteiger partial charge in [-0.3, -0.25) is 24.1 Å². The summed E-state index contributed by atoms with van der Waals surface area (Å²) in [5.41, 5.74) is 2.40. The average molecular weight is 556 g/mol. The lowest BCUT2D eigenvalue weighted by molar-refractivity contribution is -0.148. The van der Waals surface area contributed by atoms with E-state index in [-0.39, 0.29) is 35.6 Å². The maximum atomic E-state index is 14.0. The molecular formula is C27H33N5O8. The fourth-order valence-electron chi connectivity index (χ4n) is 6.53. The van der Waals surface area contributed by atoms with Crippen molar-refractivity contribution >= 4 is 34.8 Å². The van der Waals surface area contributed by atoms with E-state index in [1.165, 1.54) is 4.90 Å². The highest BCUT2D eigenvalue weighted by Gasteiger charge is 2.63. The second kappa shape index (κ2) is 9.32. The first-order chi connectivity index (χ1) is 18.7. The van der Waals surface area contributed by atoms with E-state index in [1.807, 2.05) is 0 Å². The number of carbonyl (C=O) groups excluding carboxylic acids is 4. The molecule has 5 rings (SSSR count).